The molecule has 0 radical (unpaired) electrons. The van der Waals surface area contributed by atoms with Crippen LogP contribution < -0.4 is 10.0 Å². The maximum Gasteiger partial charge on any atom is 0.244 e. The number of aromatic nitrogens is 1. The number of sulfonamides is 1. The fraction of sp³-hybridized carbons (Fsp3) is 0.500. The van der Waals surface area contributed by atoms with Crippen molar-refractivity contribution in [2.45, 2.75) is 11.8 Å². The van der Waals surface area contributed by atoms with E-state index in [-0.39, 0.29) is 17.2 Å². The summed E-state index contributed by atoms with van der Waals surface area (Å²) < 4.78 is 38.2. The van der Waals surface area contributed by atoms with E-state index in [4.69, 9.17) is 0 Å². The highest BCUT2D eigenvalue weighted by Crippen LogP contribution is 2.22. The third kappa shape index (κ3) is 5.17. The molecule has 9 heteroatoms. The lowest BCUT2D eigenvalue weighted by Gasteiger charge is -2.11. The molecule has 0 amide bonds. The normalized spacial score (nSPS) is 13.2. The summed E-state index contributed by atoms with van der Waals surface area (Å²) in [6.45, 7) is 2.55. The summed E-state index contributed by atoms with van der Waals surface area (Å²) in [4.78, 5) is 4.11. The highest BCUT2D eigenvalue weighted by molar-refractivity contribution is 9.10. The third-order valence-electron chi connectivity index (χ3n) is 2.13. The molecule has 108 valence electrons. The van der Waals surface area contributed by atoms with E-state index in [1.54, 1.807) is 0 Å². The van der Waals surface area contributed by atoms with E-state index in [2.05, 4.69) is 31.0 Å². The fourth-order valence-corrected chi connectivity index (χ4v) is 3.51. The van der Waals surface area contributed by atoms with Crippen LogP contribution in [-0.2, 0) is 20.8 Å². The van der Waals surface area contributed by atoms with Gasteiger partial charge in [-0.1, -0.05) is 0 Å². The lowest BCUT2D eigenvalue weighted by molar-refractivity contribution is 0.584. The summed E-state index contributed by atoms with van der Waals surface area (Å²) in [7, 11) is -4.71. The Kier molecular flexibility index (Phi) is 6.37. The van der Waals surface area contributed by atoms with Crippen molar-refractivity contribution in [3.63, 3.8) is 0 Å². The van der Waals surface area contributed by atoms with Crippen LogP contribution in [0.1, 0.15) is 6.92 Å². The number of halogens is 1. The molecular formula is C10H16BrN3O3S2. The van der Waals surface area contributed by atoms with Crippen molar-refractivity contribution >= 4 is 42.6 Å². The van der Waals surface area contributed by atoms with Crippen LogP contribution in [0, 0.1) is 0 Å². The third-order valence-corrected chi connectivity index (χ3v) is 4.82. The van der Waals surface area contributed by atoms with Gasteiger partial charge in [-0.15, -0.1) is 0 Å². The van der Waals surface area contributed by atoms with Crippen LogP contribution in [0.4, 0.5) is 5.82 Å². The summed E-state index contributed by atoms with van der Waals surface area (Å²) in [6.07, 6.45) is 3.05. The summed E-state index contributed by atoms with van der Waals surface area (Å²) in [5.41, 5.74) is 0. The van der Waals surface area contributed by atoms with Crippen LogP contribution in [0.5, 0.6) is 0 Å². The smallest absolute Gasteiger partial charge is 0.244 e. The van der Waals surface area contributed by atoms with Crippen LogP contribution >= 0.6 is 15.9 Å². The number of anilines is 1. The summed E-state index contributed by atoms with van der Waals surface area (Å²) in [6, 6.07) is 1.48. The maximum atomic E-state index is 12.2. The molecule has 0 spiro atoms. The van der Waals surface area contributed by atoms with Crippen molar-refractivity contribution in [2.24, 2.45) is 0 Å². The standard InChI is InChI=1S/C10H16BrN3O3S2/c1-3-12-10-9(6-8(11)7-13-10)19(16,17)14-4-5-18(2)15/h6-7,14H,3-5H2,1-2H3,(H,12,13). The molecule has 1 unspecified atom stereocenters. The van der Waals surface area contributed by atoms with Crippen molar-refractivity contribution in [3.05, 3.63) is 16.7 Å². The molecule has 0 bridgehead atoms. The molecule has 0 aromatic carbocycles. The Morgan fingerprint density at radius 3 is 2.74 bits per heavy atom. The predicted octanol–water partition coefficient (Wildman–Crippen LogP) is 0.933. The number of rotatable bonds is 7. The average molecular weight is 370 g/mol. The molecule has 1 aromatic rings. The van der Waals surface area contributed by atoms with E-state index in [1.165, 1.54) is 18.5 Å². The molecule has 2 N–H and O–H groups in total. The molecule has 0 saturated heterocycles. The van der Waals surface area contributed by atoms with Crippen LogP contribution in [0.3, 0.4) is 0 Å². The first kappa shape index (κ1) is 16.5. The minimum absolute atomic E-state index is 0.0746. The van der Waals surface area contributed by atoms with Gasteiger partial charge in [0.2, 0.25) is 10.0 Å². The predicted molar refractivity (Wildman–Crippen MR) is 80.2 cm³/mol. The molecule has 19 heavy (non-hydrogen) atoms. The molecule has 0 aliphatic carbocycles. The zero-order chi connectivity index (χ0) is 14.5. The van der Waals surface area contributed by atoms with E-state index < -0.39 is 20.8 Å². The number of hydrogen-bond acceptors (Lipinski definition) is 5. The van der Waals surface area contributed by atoms with Gasteiger partial charge in [-0.3, -0.25) is 4.21 Å². The largest absolute Gasteiger partial charge is 0.369 e. The molecule has 0 aliphatic heterocycles. The summed E-state index contributed by atoms with van der Waals surface area (Å²) in [5, 5.41) is 2.90. The summed E-state index contributed by atoms with van der Waals surface area (Å²) >= 11 is 3.20. The highest BCUT2D eigenvalue weighted by atomic mass is 79.9. The van der Waals surface area contributed by atoms with Gasteiger partial charge in [0.15, 0.2) is 0 Å². The van der Waals surface area contributed by atoms with Crippen LogP contribution in [0.2, 0.25) is 0 Å². The first-order chi connectivity index (χ1) is 8.86. The van der Waals surface area contributed by atoms with Gasteiger partial charge in [-0.2, -0.15) is 0 Å². The number of nitrogens with one attached hydrogen (secondary N) is 2. The van der Waals surface area contributed by atoms with Gasteiger partial charge in [-0.05, 0) is 28.9 Å². The first-order valence-electron chi connectivity index (χ1n) is 5.56. The van der Waals surface area contributed by atoms with Gasteiger partial charge in [0, 0.05) is 46.6 Å². The van der Waals surface area contributed by atoms with Crippen molar-refractivity contribution in [1.29, 1.82) is 0 Å². The number of pyridine rings is 1. The second kappa shape index (κ2) is 7.32. The fourth-order valence-electron chi connectivity index (χ4n) is 1.32. The van der Waals surface area contributed by atoms with Gasteiger partial charge >= 0.3 is 0 Å². The molecule has 6 nitrogen and oxygen atoms in total. The van der Waals surface area contributed by atoms with Crippen LogP contribution in [-0.4, -0.2) is 42.7 Å². The zero-order valence-corrected chi connectivity index (χ0v) is 13.9. The van der Waals surface area contributed by atoms with Gasteiger partial charge in [-0.25, -0.2) is 18.1 Å². The quantitative estimate of drug-likeness (QED) is 0.746. The number of hydrogen-bond donors (Lipinski definition) is 2. The van der Waals surface area contributed by atoms with E-state index in [9.17, 15) is 12.6 Å². The van der Waals surface area contributed by atoms with Gasteiger partial charge < -0.3 is 5.32 Å². The lowest BCUT2D eigenvalue weighted by atomic mass is 10.4. The zero-order valence-electron chi connectivity index (χ0n) is 10.6. The average Bonchev–Trinajstić information content (AvgIpc) is 2.31. The maximum absolute atomic E-state index is 12.2. The molecular weight excluding hydrogens is 354 g/mol. The van der Waals surface area contributed by atoms with E-state index in [0.29, 0.717) is 16.8 Å². The molecule has 1 atom stereocenters. The van der Waals surface area contributed by atoms with Crippen LogP contribution in [0.15, 0.2) is 21.6 Å². The van der Waals surface area contributed by atoms with Gasteiger partial charge in [0.1, 0.15) is 10.7 Å². The molecule has 1 aromatic heterocycles. The van der Waals surface area contributed by atoms with E-state index >= 15 is 0 Å². The highest BCUT2D eigenvalue weighted by Gasteiger charge is 2.19. The Balaban J connectivity index is 2.98. The van der Waals surface area contributed by atoms with E-state index in [0.717, 1.165) is 0 Å². The Morgan fingerprint density at radius 1 is 1.47 bits per heavy atom. The molecule has 0 aliphatic rings. The van der Waals surface area contributed by atoms with Gasteiger partial charge in [0.25, 0.3) is 0 Å². The minimum atomic E-state index is -3.67. The molecule has 1 heterocycles. The second-order valence-electron chi connectivity index (χ2n) is 3.71. The first-order valence-corrected chi connectivity index (χ1v) is 9.56. The Bertz CT molecular complexity index is 563. The SMILES string of the molecule is CCNc1ncc(Br)cc1S(=O)(=O)NCCS(C)=O. The Labute approximate surface area is 124 Å². The van der Waals surface area contributed by atoms with E-state index in [1.807, 2.05) is 6.92 Å². The molecule has 0 fully saturated rings. The van der Waals surface area contributed by atoms with Crippen molar-refractivity contribution in [3.8, 4) is 0 Å². The molecule has 0 saturated carbocycles. The summed E-state index contributed by atoms with van der Waals surface area (Å²) in [5.74, 6) is 0.577. The molecule has 1 rings (SSSR count). The lowest BCUT2D eigenvalue weighted by Crippen LogP contribution is -2.28. The van der Waals surface area contributed by atoms with Crippen molar-refractivity contribution in [2.75, 3.05) is 30.4 Å². The number of nitrogens with zero attached hydrogens (tertiary/aromatic N) is 1. The Hall–Kier alpha value is -0.510. The second-order valence-corrected chi connectivity index (χ2v) is 7.91. The van der Waals surface area contributed by atoms with Crippen LogP contribution in [0.25, 0.3) is 0 Å². The van der Waals surface area contributed by atoms with Crippen molar-refractivity contribution < 1.29 is 12.6 Å². The minimum Gasteiger partial charge on any atom is -0.369 e. The van der Waals surface area contributed by atoms with Gasteiger partial charge in [0.05, 0.1) is 0 Å². The Morgan fingerprint density at radius 2 is 2.16 bits per heavy atom. The monoisotopic (exact) mass is 369 g/mol. The topological polar surface area (TPSA) is 88.2 Å². The van der Waals surface area contributed by atoms with Crippen molar-refractivity contribution in [1.82, 2.24) is 9.71 Å².